The van der Waals surface area contributed by atoms with E-state index < -0.39 is 11.6 Å². The predicted octanol–water partition coefficient (Wildman–Crippen LogP) is 3.49. The summed E-state index contributed by atoms with van der Waals surface area (Å²) in [6, 6.07) is 3.85. The lowest BCUT2D eigenvalue weighted by atomic mass is 10.1. The third-order valence-electron chi connectivity index (χ3n) is 4.45. The van der Waals surface area contributed by atoms with Crippen molar-refractivity contribution in [2.24, 2.45) is 0 Å². The average molecular weight is 353 g/mol. The van der Waals surface area contributed by atoms with Gasteiger partial charge in [0.2, 0.25) is 5.91 Å². The zero-order valence-corrected chi connectivity index (χ0v) is 14.2. The number of thioether (sulfide) groups is 1. The number of hydrogen-bond acceptors (Lipinski definition) is 3. The number of halogens is 2. The summed E-state index contributed by atoms with van der Waals surface area (Å²) >= 11 is 1.83. The van der Waals surface area contributed by atoms with Crippen LogP contribution in [0.2, 0.25) is 0 Å². The molecule has 2 aliphatic rings. The molecule has 0 saturated carbocycles. The highest BCUT2D eigenvalue weighted by Gasteiger charge is 2.29. The Morgan fingerprint density at radius 2 is 2.12 bits per heavy atom. The molecule has 130 valence electrons. The number of rotatable bonds is 5. The van der Waals surface area contributed by atoms with E-state index in [1.807, 2.05) is 16.7 Å². The van der Waals surface area contributed by atoms with Crippen LogP contribution in [0, 0.1) is 11.6 Å². The standard InChI is InChI=1S/C18H21F2NO2S/c19-16-4-1-5-17(20)15(16)6-7-18(22)21(13-8-10-24-12-13)11-14-3-2-9-23-14/h1,4-7,13-14H,2-3,8-12H2/b7-6+. The van der Waals surface area contributed by atoms with E-state index in [1.165, 1.54) is 30.4 Å². The van der Waals surface area contributed by atoms with Crippen molar-refractivity contribution in [3.8, 4) is 0 Å². The lowest BCUT2D eigenvalue weighted by molar-refractivity contribution is -0.129. The molecule has 0 aromatic heterocycles. The highest BCUT2D eigenvalue weighted by atomic mass is 32.2. The van der Waals surface area contributed by atoms with Crippen molar-refractivity contribution in [2.45, 2.75) is 31.4 Å². The molecule has 24 heavy (non-hydrogen) atoms. The molecule has 2 fully saturated rings. The lowest BCUT2D eigenvalue weighted by Crippen LogP contribution is -2.44. The number of amides is 1. The Morgan fingerprint density at radius 1 is 1.33 bits per heavy atom. The Balaban J connectivity index is 1.73. The van der Waals surface area contributed by atoms with E-state index in [0.29, 0.717) is 6.54 Å². The Morgan fingerprint density at radius 3 is 2.75 bits per heavy atom. The van der Waals surface area contributed by atoms with Crippen LogP contribution in [0.4, 0.5) is 8.78 Å². The fraction of sp³-hybridized carbons (Fsp3) is 0.500. The molecule has 1 amide bonds. The van der Waals surface area contributed by atoms with Crippen molar-refractivity contribution in [2.75, 3.05) is 24.7 Å². The van der Waals surface area contributed by atoms with Crippen molar-refractivity contribution in [1.29, 1.82) is 0 Å². The van der Waals surface area contributed by atoms with Crippen LogP contribution in [0.1, 0.15) is 24.8 Å². The first-order chi connectivity index (χ1) is 11.6. The number of carbonyl (C=O) groups excluding carboxylic acids is 1. The molecule has 2 saturated heterocycles. The molecular weight excluding hydrogens is 332 g/mol. The molecule has 3 nitrogen and oxygen atoms in total. The minimum Gasteiger partial charge on any atom is -0.376 e. The highest BCUT2D eigenvalue weighted by Crippen LogP contribution is 2.25. The minimum absolute atomic E-state index is 0.0677. The summed E-state index contributed by atoms with van der Waals surface area (Å²) < 4.78 is 33.0. The second-order valence-corrected chi connectivity index (χ2v) is 7.26. The zero-order valence-electron chi connectivity index (χ0n) is 13.4. The van der Waals surface area contributed by atoms with Crippen LogP contribution in [0.15, 0.2) is 24.3 Å². The van der Waals surface area contributed by atoms with Crippen LogP contribution >= 0.6 is 11.8 Å². The van der Waals surface area contributed by atoms with E-state index in [9.17, 15) is 13.6 Å². The Bertz CT molecular complexity index is 591. The predicted molar refractivity (Wildman–Crippen MR) is 91.8 cm³/mol. The molecule has 3 rings (SSSR count). The highest BCUT2D eigenvalue weighted by molar-refractivity contribution is 7.99. The fourth-order valence-corrected chi connectivity index (χ4v) is 4.34. The van der Waals surface area contributed by atoms with Crippen LogP contribution in [0.25, 0.3) is 6.08 Å². The van der Waals surface area contributed by atoms with Gasteiger partial charge >= 0.3 is 0 Å². The molecule has 1 aromatic carbocycles. The normalized spacial score (nSPS) is 23.9. The topological polar surface area (TPSA) is 29.5 Å². The van der Waals surface area contributed by atoms with Gasteiger partial charge in [-0.05, 0) is 43.2 Å². The van der Waals surface area contributed by atoms with Gasteiger partial charge in [-0.25, -0.2) is 8.78 Å². The third-order valence-corrected chi connectivity index (χ3v) is 5.59. The number of benzene rings is 1. The number of hydrogen-bond donors (Lipinski definition) is 0. The maximum absolute atomic E-state index is 13.7. The van der Waals surface area contributed by atoms with Crippen LogP contribution in [-0.2, 0) is 9.53 Å². The minimum atomic E-state index is -0.666. The lowest BCUT2D eigenvalue weighted by Gasteiger charge is -2.29. The Hall–Kier alpha value is -1.40. The quantitative estimate of drug-likeness (QED) is 0.759. The molecule has 0 aliphatic carbocycles. The van der Waals surface area contributed by atoms with Gasteiger partial charge in [0.25, 0.3) is 0 Å². The number of ether oxygens (including phenoxy) is 1. The molecule has 2 heterocycles. The first-order valence-corrected chi connectivity index (χ1v) is 9.42. The molecule has 0 spiro atoms. The van der Waals surface area contributed by atoms with E-state index in [1.54, 1.807) is 0 Å². The van der Waals surface area contributed by atoms with Crippen LogP contribution in [0.5, 0.6) is 0 Å². The Kier molecular flexibility index (Phi) is 5.89. The Labute approximate surface area is 145 Å². The first kappa shape index (κ1) is 17.4. The van der Waals surface area contributed by atoms with Crippen LogP contribution in [0.3, 0.4) is 0 Å². The largest absolute Gasteiger partial charge is 0.376 e. The van der Waals surface area contributed by atoms with Crippen LogP contribution < -0.4 is 0 Å². The maximum atomic E-state index is 13.7. The molecule has 0 bridgehead atoms. The van der Waals surface area contributed by atoms with E-state index in [-0.39, 0.29) is 23.6 Å². The summed E-state index contributed by atoms with van der Waals surface area (Å²) in [5.41, 5.74) is -0.177. The second kappa shape index (κ2) is 8.12. The van der Waals surface area contributed by atoms with Gasteiger partial charge in [0.05, 0.1) is 6.10 Å². The monoisotopic (exact) mass is 353 g/mol. The molecule has 0 N–H and O–H groups in total. The average Bonchev–Trinajstić information content (AvgIpc) is 3.25. The van der Waals surface area contributed by atoms with Crippen molar-refractivity contribution in [1.82, 2.24) is 4.90 Å². The van der Waals surface area contributed by atoms with Crippen molar-refractivity contribution in [3.63, 3.8) is 0 Å². The van der Waals surface area contributed by atoms with Crippen molar-refractivity contribution >= 4 is 23.7 Å². The summed E-state index contributed by atoms with van der Waals surface area (Å²) in [7, 11) is 0. The van der Waals surface area contributed by atoms with Gasteiger partial charge in [-0.2, -0.15) is 11.8 Å². The number of carbonyl (C=O) groups is 1. The summed E-state index contributed by atoms with van der Waals surface area (Å²) in [5, 5.41) is 0. The summed E-state index contributed by atoms with van der Waals surface area (Å²) in [5.74, 6) is 0.398. The molecule has 6 heteroatoms. The van der Waals surface area contributed by atoms with E-state index >= 15 is 0 Å². The van der Waals surface area contributed by atoms with Gasteiger partial charge in [0.1, 0.15) is 11.6 Å². The van der Waals surface area contributed by atoms with Crippen molar-refractivity contribution in [3.05, 3.63) is 41.5 Å². The molecule has 0 radical (unpaired) electrons. The van der Waals surface area contributed by atoms with Gasteiger partial charge in [-0.1, -0.05) is 6.07 Å². The summed E-state index contributed by atoms with van der Waals surface area (Å²) in [4.78, 5) is 14.5. The smallest absolute Gasteiger partial charge is 0.246 e. The summed E-state index contributed by atoms with van der Waals surface area (Å²) in [6.45, 7) is 1.29. The fourth-order valence-electron chi connectivity index (χ4n) is 3.11. The van der Waals surface area contributed by atoms with Crippen molar-refractivity contribution < 1.29 is 18.3 Å². The number of nitrogens with zero attached hydrogens (tertiary/aromatic N) is 1. The molecule has 2 aliphatic heterocycles. The summed E-state index contributed by atoms with van der Waals surface area (Å²) in [6.07, 6.45) is 5.50. The zero-order chi connectivity index (χ0) is 16.9. The first-order valence-electron chi connectivity index (χ1n) is 8.27. The van der Waals surface area contributed by atoms with Gasteiger partial charge in [0.15, 0.2) is 0 Å². The SMILES string of the molecule is O=C(/C=C/c1c(F)cccc1F)N(CC1CCCO1)C1CCSC1. The van der Waals surface area contributed by atoms with E-state index in [0.717, 1.165) is 37.4 Å². The van der Waals surface area contributed by atoms with Gasteiger partial charge < -0.3 is 9.64 Å². The van der Waals surface area contributed by atoms with Gasteiger partial charge in [-0.3, -0.25) is 4.79 Å². The van der Waals surface area contributed by atoms with E-state index in [4.69, 9.17) is 4.74 Å². The maximum Gasteiger partial charge on any atom is 0.246 e. The molecular formula is C18H21F2NO2S. The van der Waals surface area contributed by atoms with E-state index in [2.05, 4.69) is 0 Å². The van der Waals surface area contributed by atoms with Gasteiger partial charge in [-0.15, -0.1) is 0 Å². The van der Waals surface area contributed by atoms with Crippen LogP contribution in [-0.4, -0.2) is 47.6 Å². The second-order valence-electron chi connectivity index (χ2n) is 6.11. The molecule has 2 atom stereocenters. The third kappa shape index (κ3) is 4.16. The molecule has 2 unspecified atom stereocenters. The molecule has 1 aromatic rings. The van der Waals surface area contributed by atoms with Gasteiger partial charge in [0, 0.05) is 36.6 Å².